The zero-order chi connectivity index (χ0) is 17.1. The van der Waals surface area contributed by atoms with Crippen LogP contribution in [-0.2, 0) is 4.74 Å². The summed E-state index contributed by atoms with van der Waals surface area (Å²) < 4.78 is 9.88. The van der Waals surface area contributed by atoms with Gasteiger partial charge in [-0.15, -0.1) is 0 Å². The van der Waals surface area contributed by atoms with E-state index in [1.807, 2.05) is 0 Å². The van der Waals surface area contributed by atoms with Crippen LogP contribution < -0.4 is 10.2 Å². The molecule has 1 N–H and O–H groups in total. The predicted octanol–water partition coefficient (Wildman–Crippen LogP) is 0.993. The lowest BCUT2D eigenvalue weighted by atomic mass is 10.2. The number of anilines is 2. The maximum atomic E-state index is 5.10. The highest BCUT2D eigenvalue weighted by atomic mass is 16.6. The second-order valence-electron chi connectivity index (χ2n) is 6.81. The van der Waals surface area contributed by atoms with Crippen molar-refractivity contribution < 1.29 is 9.37 Å². The van der Waals surface area contributed by atoms with Crippen molar-refractivity contribution in [3.8, 4) is 0 Å². The minimum atomic E-state index is 0.436. The van der Waals surface area contributed by atoms with Crippen LogP contribution in [0.3, 0.4) is 0 Å². The molecule has 25 heavy (non-hydrogen) atoms. The van der Waals surface area contributed by atoms with Crippen molar-refractivity contribution >= 4 is 22.9 Å². The Labute approximate surface area is 146 Å². The number of nitrogens with one attached hydrogen (secondary N) is 1. The van der Waals surface area contributed by atoms with E-state index >= 15 is 0 Å². The van der Waals surface area contributed by atoms with Crippen LogP contribution in [0, 0.1) is 5.92 Å². The average Bonchev–Trinajstić information content (AvgIpc) is 3.33. The van der Waals surface area contributed by atoms with E-state index in [0.717, 1.165) is 56.7 Å². The van der Waals surface area contributed by atoms with Gasteiger partial charge in [-0.3, -0.25) is 4.90 Å². The number of hydrogen-bond acceptors (Lipinski definition) is 9. The fourth-order valence-corrected chi connectivity index (χ4v) is 3.20. The van der Waals surface area contributed by atoms with Crippen molar-refractivity contribution in [2.75, 3.05) is 63.2 Å². The molecule has 0 atom stereocenters. The minimum Gasteiger partial charge on any atom is -0.385 e. The van der Waals surface area contributed by atoms with Crippen LogP contribution in [0.25, 0.3) is 11.3 Å². The molecule has 2 aromatic heterocycles. The van der Waals surface area contributed by atoms with Crippen LogP contribution in [0.2, 0.25) is 0 Å². The monoisotopic (exact) mass is 347 g/mol. The van der Waals surface area contributed by atoms with Crippen LogP contribution in [0.4, 0.5) is 11.6 Å². The largest absolute Gasteiger partial charge is 0.385 e. The second kappa shape index (κ2) is 7.49. The number of aromatic nitrogens is 4. The third kappa shape index (κ3) is 3.98. The highest BCUT2D eigenvalue weighted by Gasteiger charge is 2.28. The van der Waals surface area contributed by atoms with Gasteiger partial charge >= 0.3 is 0 Å². The van der Waals surface area contributed by atoms with Crippen molar-refractivity contribution in [3.63, 3.8) is 0 Å². The van der Waals surface area contributed by atoms with E-state index < -0.39 is 0 Å². The lowest BCUT2D eigenvalue weighted by Gasteiger charge is -2.35. The smallest absolute Gasteiger partial charge is 0.245 e. The topological polar surface area (TPSA) is 92.4 Å². The Morgan fingerprint density at radius 1 is 1.12 bits per heavy atom. The molecule has 1 aliphatic heterocycles. The Morgan fingerprint density at radius 3 is 2.60 bits per heavy atom. The van der Waals surface area contributed by atoms with Crippen LogP contribution >= 0.6 is 0 Å². The normalized spacial score (nSPS) is 18.8. The number of hydrogen-bond donors (Lipinski definition) is 1. The number of piperazine rings is 1. The molecule has 3 heterocycles. The molecule has 136 valence electrons. The zero-order valence-corrected chi connectivity index (χ0v) is 14.6. The third-order valence-corrected chi connectivity index (χ3v) is 4.80. The molecule has 9 nitrogen and oxygen atoms in total. The molecule has 0 amide bonds. The highest BCUT2D eigenvalue weighted by molar-refractivity contribution is 5.74. The molecular formula is C16H25N7O2. The maximum absolute atomic E-state index is 5.10. The van der Waals surface area contributed by atoms with Gasteiger partial charge in [-0.05, 0) is 35.5 Å². The fraction of sp³-hybridized carbons (Fsp3) is 0.750. The number of methoxy groups -OCH3 is 1. The predicted molar refractivity (Wildman–Crippen MR) is 93.8 cm³/mol. The Kier molecular flexibility index (Phi) is 4.93. The summed E-state index contributed by atoms with van der Waals surface area (Å²) in [7, 11) is 1.71. The molecule has 0 aromatic carbocycles. The molecule has 2 aromatic rings. The van der Waals surface area contributed by atoms with Gasteiger partial charge in [0.1, 0.15) is 0 Å². The fourth-order valence-electron chi connectivity index (χ4n) is 3.20. The van der Waals surface area contributed by atoms with Crippen LogP contribution in [0.15, 0.2) is 4.63 Å². The molecule has 0 spiro atoms. The second-order valence-corrected chi connectivity index (χ2v) is 6.81. The van der Waals surface area contributed by atoms with Gasteiger partial charge in [-0.25, -0.2) is 14.6 Å². The molecular weight excluding hydrogens is 322 g/mol. The Morgan fingerprint density at radius 2 is 1.88 bits per heavy atom. The quantitative estimate of drug-likeness (QED) is 0.702. The molecule has 1 saturated carbocycles. The summed E-state index contributed by atoms with van der Waals surface area (Å²) in [6, 6.07) is 0. The van der Waals surface area contributed by atoms with E-state index in [4.69, 9.17) is 9.37 Å². The summed E-state index contributed by atoms with van der Waals surface area (Å²) in [6.45, 7) is 6.76. The minimum absolute atomic E-state index is 0.436. The molecule has 0 bridgehead atoms. The highest BCUT2D eigenvalue weighted by Crippen LogP contribution is 2.30. The van der Waals surface area contributed by atoms with Crippen LogP contribution in [-0.4, -0.2) is 78.2 Å². The van der Waals surface area contributed by atoms with Crippen molar-refractivity contribution in [3.05, 3.63) is 0 Å². The molecule has 0 radical (unpaired) electrons. The van der Waals surface area contributed by atoms with Crippen molar-refractivity contribution in [1.82, 2.24) is 25.2 Å². The van der Waals surface area contributed by atoms with Gasteiger partial charge in [-0.1, -0.05) is 0 Å². The van der Waals surface area contributed by atoms with Gasteiger partial charge in [0.25, 0.3) is 0 Å². The molecule has 9 heteroatoms. The van der Waals surface area contributed by atoms with Crippen LogP contribution in [0.5, 0.6) is 0 Å². The van der Waals surface area contributed by atoms with Crippen molar-refractivity contribution in [2.45, 2.75) is 19.3 Å². The Balaban J connectivity index is 1.46. The number of fused-ring (bicyclic) bond motifs is 1. The lowest BCUT2D eigenvalue weighted by molar-refractivity contribution is 0.197. The van der Waals surface area contributed by atoms with Gasteiger partial charge in [0.15, 0.2) is 11.6 Å². The van der Waals surface area contributed by atoms with E-state index in [1.165, 1.54) is 19.4 Å². The molecule has 2 fully saturated rings. The summed E-state index contributed by atoms with van der Waals surface area (Å²) >= 11 is 0. The number of ether oxygens (including phenoxy) is 1. The lowest BCUT2D eigenvalue weighted by Crippen LogP contribution is -2.47. The Hall–Kier alpha value is -2.00. The first-order chi connectivity index (χ1) is 12.3. The van der Waals surface area contributed by atoms with E-state index in [1.54, 1.807) is 7.11 Å². The molecule has 2 aliphatic rings. The standard InChI is InChI=1S/C16H25N7O2/c1-24-10-2-5-17-15-16(19-14-13(18-15)20-25-21-14)23-8-6-22(7-9-23)11-12-3-4-12/h12H,2-11H2,1H3,(H,17,18,20). The van der Waals surface area contributed by atoms with Gasteiger partial charge in [0.2, 0.25) is 11.3 Å². The van der Waals surface area contributed by atoms with Gasteiger partial charge in [0, 0.05) is 53.0 Å². The molecule has 1 saturated heterocycles. The van der Waals surface area contributed by atoms with E-state index in [-0.39, 0.29) is 0 Å². The summed E-state index contributed by atoms with van der Waals surface area (Å²) in [6.07, 6.45) is 3.70. The Bertz CT molecular complexity index is 695. The van der Waals surface area contributed by atoms with Crippen LogP contribution in [0.1, 0.15) is 19.3 Å². The number of nitrogens with zero attached hydrogens (tertiary/aromatic N) is 6. The first kappa shape index (κ1) is 16.5. The zero-order valence-electron chi connectivity index (χ0n) is 14.6. The molecule has 0 unspecified atom stereocenters. The first-order valence-electron chi connectivity index (χ1n) is 9.04. The third-order valence-electron chi connectivity index (χ3n) is 4.80. The maximum Gasteiger partial charge on any atom is 0.245 e. The average molecular weight is 347 g/mol. The van der Waals surface area contributed by atoms with E-state index in [0.29, 0.717) is 17.9 Å². The van der Waals surface area contributed by atoms with Gasteiger partial charge in [0.05, 0.1) is 0 Å². The summed E-state index contributed by atoms with van der Waals surface area (Å²) in [4.78, 5) is 14.0. The van der Waals surface area contributed by atoms with Crippen molar-refractivity contribution in [1.29, 1.82) is 0 Å². The van der Waals surface area contributed by atoms with E-state index in [9.17, 15) is 0 Å². The van der Waals surface area contributed by atoms with Gasteiger partial charge < -0.3 is 15.0 Å². The summed E-state index contributed by atoms with van der Waals surface area (Å²) in [5.74, 6) is 2.52. The number of rotatable bonds is 8. The van der Waals surface area contributed by atoms with Crippen molar-refractivity contribution in [2.24, 2.45) is 5.92 Å². The summed E-state index contributed by atoms with van der Waals surface area (Å²) in [5.41, 5.74) is 0.892. The summed E-state index contributed by atoms with van der Waals surface area (Å²) in [5, 5.41) is 11.0. The van der Waals surface area contributed by atoms with E-state index in [2.05, 4.69) is 35.4 Å². The SMILES string of the molecule is COCCCNc1nc2nonc2nc1N1CCN(CC2CC2)CC1. The molecule has 4 rings (SSSR count). The first-order valence-corrected chi connectivity index (χ1v) is 9.04. The molecule has 1 aliphatic carbocycles. The van der Waals surface area contributed by atoms with Gasteiger partial charge in [-0.2, -0.15) is 0 Å².